The van der Waals surface area contributed by atoms with Crippen LogP contribution < -0.4 is 15.8 Å². The van der Waals surface area contributed by atoms with Crippen LogP contribution in [-0.4, -0.2) is 45.2 Å². The summed E-state index contributed by atoms with van der Waals surface area (Å²) < 4.78 is 5.15. The number of hydrogen-bond donors (Lipinski definition) is 4. The van der Waals surface area contributed by atoms with Gasteiger partial charge in [-0.1, -0.05) is 48.5 Å². The van der Waals surface area contributed by atoms with E-state index >= 15 is 0 Å². The van der Waals surface area contributed by atoms with Crippen LogP contribution in [0.2, 0.25) is 0 Å². The first-order valence-corrected chi connectivity index (χ1v) is 10.5. The number of carbonyl (C=O) groups is 3. The lowest BCUT2D eigenvalue weighted by atomic mass is 9.80. The number of aliphatic hydroxyl groups is 1. The van der Waals surface area contributed by atoms with E-state index < -0.39 is 41.4 Å². The van der Waals surface area contributed by atoms with Crippen LogP contribution in [0.15, 0.2) is 54.6 Å². The van der Waals surface area contributed by atoms with Crippen LogP contribution in [0.5, 0.6) is 11.5 Å². The molecular weight excluding hydrogens is 438 g/mol. The number of para-hydroxylation sites is 1. The fourth-order valence-corrected chi connectivity index (χ4v) is 4.28. The second-order valence-corrected chi connectivity index (χ2v) is 8.20. The van der Waals surface area contributed by atoms with E-state index in [-0.39, 0.29) is 39.1 Å². The largest absolute Gasteiger partial charge is 0.507 e. The van der Waals surface area contributed by atoms with Gasteiger partial charge in [0.2, 0.25) is 0 Å². The predicted octanol–water partition coefficient (Wildman–Crippen LogP) is 1.82. The third-order valence-electron chi connectivity index (χ3n) is 5.94. The highest BCUT2D eigenvalue weighted by molar-refractivity contribution is 6.30. The summed E-state index contributed by atoms with van der Waals surface area (Å²) in [5.41, 5.74) is -1.53. The Labute approximate surface area is 193 Å². The third kappa shape index (κ3) is 3.41. The van der Waals surface area contributed by atoms with E-state index in [1.165, 1.54) is 24.3 Å². The van der Waals surface area contributed by atoms with E-state index in [4.69, 9.17) is 4.74 Å². The van der Waals surface area contributed by atoms with Crippen molar-refractivity contribution in [3.8, 4) is 11.5 Å². The first kappa shape index (κ1) is 21.4. The molecule has 0 fully saturated rings. The van der Waals surface area contributed by atoms with Crippen LogP contribution in [0, 0.1) is 0 Å². The number of nitrogens with one attached hydrogen (secondary N) is 1. The summed E-state index contributed by atoms with van der Waals surface area (Å²) in [6, 6.07) is 14.8. The zero-order valence-corrected chi connectivity index (χ0v) is 17.7. The second-order valence-electron chi connectivity index (χ2n) is 8.20. The van der Waals surface area contributed by atoms with Gasteiger partial charge in [-0.25, -0.2) is 4.79 Å². The maximum absolute atomic E-state index is 13.1. The van der Waals surface area contributed by atoms with Crippen molar-refractivity contribution in [2.75, 3.05) is 11.9 Å². The normalized spacial score (nSPS) is 18.0. The monoisotopic (exact) mass is 457 g/mol. The second kappa shape index (κ2) is 7.86. The van der Waals surface area contributed by atoms with Gasteiger partial charge < -0.3 is 20.1 Å². The molecule has 0 heterocycles. The van der Waals surface area contributed by atoms with Gasteiger partial charge in [0, 0.05) is 33.7 Å². The zero-order chi connectivity index (χ0) is 24.0. The number of amides is 1. The number of carbonyl (C=O) groups excluding carboxylic acids is 3. The van der Waals surface area contributed by atoms with Crippen LogP contribution >= 0.6 is 0 Å². The Balaban J connectivity index is 1.51. The van der Waals surface area contributed by atoms with Crippen LogP contribution in [0.3, 0.4) is 0 Å². The van der Waals surface area contributed by atoms with Gasteiger partial charge in [-0.15, -0.1) is 0 Å². The molecule has 3 aromatic carbocycles. The lowest BCUT2D eigenvalue weighted by Crippen LogP contribution is -2.43. The van der Waals surface area contributed by atoms with E-state index in [0.717, 1.165) is 0 Å². The smallest absolute Gasteiger partial charge is 0.411 e. The quantitative estimate of drug-likeness (QED) is 0.345. The molecule has 0 saturated heterocycles. The van der Waals surface area contributed by atoms with Crippen LogP contribution in [0.25, 0.3) is 12.2 Å². The molecule has 2 aliphatic rings. The molecule has 0 radical (unpaired) electrons. The molecule has 0 aliphatic heterocycles. The van der Waals surface area contributed by atoms with Gasteiger partial charge in [-0.3, -0.25) is 14.9 Å². The summed E-state index contributed by atoms with van der Waals surface area (Å²) in [5.74, 6) is -2.16. The number of anilines is 1. The van der Waals surface area contributed by atoms with Crippen molar-refractivity contribution in [1.29, 1.82) is 0 Å². The van der Waals surface area contributed by atoms with E-state index in [1.54, 1.807) is 42.5 Å². The van der Waals surface area contributed by atoms with Crippen molar-refractivity contribution in [1.82, 2.24) is 0 Å². The lowest BCUT2D eigenvalue weighted by Gasteiger charge is -2.27. The molecule has 2 aliphatic carbocycles. The Bertz CT molecular complexity index is 1490. The van der Waals surface area contributed by atoms with Gasteiger partial charge in [0.1, 0.15) is 23.7 Å². The standard InChI is InChI=1S/C26H19NO7/c28-21-15-8-4-5-9-16(15)22(29)20-19(21)23(30)17-10-11-26(33,12-18(17)24(20)31)13-34-25(32)27-14-6-2-1-3-7-14/h1-10,12,30-31,33H,11,13H2,(H,27,32). The number of phenols is 2. The van der Waals surface area contributed by atoms with Crippen molar-refractivity contribution < 1.29 is 34.4 Å². The average molecular weight is 457 g/mol. The molecule has 1 unspecified atom stereocenters. The zero-order valence-electron chi connectivity index (χ0n) is 17.7. The summed E-state index contributed by atoms with van der Waals surface area (Å²) in [5, 5.41) is 35.4. The number of benzene rings is 3. The molecule has 3 aromatic rings. The molecule has 1 atom stereocenters. The first-order chi connectivity index (χ1) is 16.3. The van der Waals surface area contributed by atoms with Crippen LogP contribution in [-0.2, 0) is 4.74 Å². The molecular formula is C26H19NO7. The fourth-order valence-electron chi connectivity index (χ4n) is 4.28. The summed E-state index contributed by atoms with van der Waals surface area (Å²) in [4.78, 5) is 38.2. The lowest BCUT2D eigenvalue weighted by molar-refractivity contribution is 0.0345. The number of aromatic hydroxyl groups is 2. The Hall–Kier alpha value is -4.43. The Morgan fingerprint density at radius 2 is 1.44 bits per heavy atom. The molecule has 1 amide bonds. The van der Waals surface area contributed by atoms with Gasteiger partial charge in [0.15, 0.2) is 11.6 Å². The third-order valence-corrected chi connectivity index (χ3v) is 5.94. The van der Waals surface area contributed by atoms with Crippen molar-refractivity contribution in [2.45, 2.75) is 12.0 Å². The maximum Gasteiger partial charge on any atom is 0.411 e. The highest BCUT2D eigenvalue weighted by atomic mass is 16.6. The summed E-state index contributed by atoms with van der Waals surface area (Å²) in [6.07, 6.45) is 1.81. The van der Waals surface area contributed by atoms with Gasteiger partial charge in [-0.05, 0) is 18.2 Å². The van der Waals surface area contributed by atoms with Gasteiger partial charge in [-0.2, -0.15) is 0 Å². The Kier molecular flexibility index (Phi) is 4.95. The van der Waals surface area contributed by atoms with Crippen LogP contribution in [0.4, 0.5) is 10.5 Å². The molecule has 34 heavy (non-hydrogen) atoms. The minimum Gasteiger partial charge on any atom is -0.507 e. The van der Waals surface area contributed by atoms with Crippen molar-refractivity contribution in [3.63, 3.8) is 0 Å². The maximum atomic E-state index is 13.1. The molecule has 0 aromatic heterocycles. The number of fused-ring (bicyclic) bond motifs is 3. The SMILES string of the molecule is O=C(Nc1ccccc1)OCC1(O)C=c2c(O)c3c(c(O)c2=CC1)C(=O)c1ccccc1C3=O. The van der Waals surface area contributed by atoms with E-state index in [9.17, 15) is 29.7 Å². The highest BCUT2D eigenvalue weighted by Crippen LogP contribution is 2.35. The van der Waals surface area contributed by atoms with Crippen LogP contribution in [0.1, 0.15) is 38.3 Å². The fraction of sp³-hybridized carbons (Fsp3) is 0.115. The minimum absolute atomic E-state index is 0.0161. The summed E-state index contributed by atoms with van der Waals surface area (Å²) >= 11 is 0. The molecule has 5 rings (SSSR count). The molecule has 4 N–H and O–H groups in total. The van der Waals surface area contributed by atoms with Crippen molar-refractivity contribution in [3.05, 3.63) is 87.3 Å². The number of phenolic OH excluding ortho intramolecular Hbond substituents is 2. The van der Waals surface area contributed by atoms with Gasteiger partial charge in [0.05, 0.1) is 11.1 Å². The predicted molar refractivity (Wildman–Crippen MR) is 122 cm³/mol. The summed E-state index contributed by atoms with van der Waals surface area (Å²) in [6.45, 7) is -0.450. The molecule has 170 valence electrons. The van der Waals surface area contributed by atoms with Crippen molar-refractivity contribution in [2.24, 2.45) is 0 Å². The average Bonchev–Trinajstić information content (AvgIpc) is 2.84. The molecule has 0 saturated carbocycles. The molecule has 0 bridgehead atoms. The molecule has 0 spiro atoms. The molecule has 8 heteroatoms. The Morgan fingerprint density at radius 1 is 0.882 bits per heavy atom. The van der Waals surface area contributed by atoms with E-state index in [0.29, 0.717) is 5.69 Å². The van der Waals surface area contributed by atoms with E-state index in [1.807, 2.05) is 0 Å². The van der Waals surface area contributed by atoms with Gasteiger partial charge >= 0.3 is 6.09 Å². The minimum atomic E-state index is -1.71. The first-order valence-electron chi connectivity index (χ1n) is 10.5. The number of ketones is 2. The van der Waals surface area contributed by atoms with E-state index in [2.05, 4.69) is 5.32 Å². The number of hydrogen-bond acceptors (Lipinski definition) is 7. The van der Waals surface area contributed by atoms with Crippen molar-refractivity contribution >= 4 is 35.5 Å². The highest BCUT2D eigenvalue weighted by Gasteiger charge is 2.37. The number of ether oxygens (including phenoxy) is 1. The Morgan fingerprint density at radius 3 is 2.06 bits per heavy atom. The number of rotatable bonds is 3. The molecule has 8 nitrogen and oxygen atoms in total. The van der Waals surface area contributed by atoms with Gasteiger partial charge in [0.25, 0.3) is 0 Å². The summed E-state index contributed by atoms with van der Waals surface area (Å²) in [7, 11) is 0. The topological polar surface area (TPSA) is 133 Å².